The zero-order chi connectivity index (χ0) is 16.1. The maximum Gasteiger partial charge on any atom is 0.230 e. The molecule has 0 radical (unpaired) electrons. The SMILES string of the molecule is Cc1cc(C)cc(NC(=S)NC(=O)Cc2ccc(Cl)cc2)c1. The summed E-state index contributed by atoms with van der Waals surface area (Å²) < 4.78 is 0. The van der Waals surface area contributed by atoms with E-state index in [-0.39, 0.29) is 12.3 Å². The lowest BCUT2D eigenvalue weighted by Gasteiger charge is -2.11. The molecule has 0 aliphatic carbocycles. The van der Waals surface area contributed by atoms with Gasteiger partial charge in [0.2, 0.25) is 5.91 Å². The highest BCUT2D eigenvalue weighted by molar-refractivity contribution is 7.80. The summed E-state index contributed by atoms with van der Waals surface area (Å²) in [5, 5.41) is 6.65. The van der Waals surface area contributed by atoms with Crippen LogP contribution >= 0.6 is 23.8 Å². The fraction of sp³-hybridized carbons (Fsp3) is 0.176. The van der Waals surface area contributed by atoms with Crippen LogP contribution in [0, 0.1) is 13.8 Å². The molecule has 0 spiro atoms. The van der Waals surface area contributed by atoms with Crippen molar-refractivity contribution in [1.82, 2.24) is 5.32 Å². The van der Waals surface area contributed by atoms with Crippen LogP contribution in [-0.4, -0.2) is 11.0 Å². The molecule has 5 heteroatoms. The first-order valence-electron chi connectivity index (χ1n) is 6.86. The summed E-state index contributed by atoms with van der Waals surface area (Å²) in [4.78, 5) is 12.0. The molecule has 2 rings (SSSR count). The van der Waals surface area contributed by atoms with Gasteiger partial charge in [0.05, 0.1) is 6.42 Å². The van der Waals surface area contributed by atoms with Gasteiger partial charge in [0.25, 0.3) is 0 Å². The number of anilines is 1. The normalized spacial score (nSPS) is 10.1. The Bertz CT molecular complexity index is 678. The Hall–Kier alpha value is -1.91. The lowest BCUT2D eigenvalue weighted by Crippen LogP contribution is -2.35. The molecule has 0 heterocycles. The topological polar surface area (TPSA) is 41.1 Å². The number of halogens is 1. The number of hydrogen-bond acceptors (Lipinski definition) is 2. The molecule has 0 aliphatic rings. The second-order valence-electron chi connectivity index (χ2n) is 5.18. The van der Waals surface area contributed by atoms with Crippen molar-refractivity contribution < 1.29 is 4.79 Å². The lowest BCUT2D eigenvalue weighted by atomic mass is 10.1. The summed E-state index contributed by atoms with van der Waals surface area (Å²) in [5.74, 6) is -0.163. The van der Waals surface area contributed by atoms with Gasteiger partial charge in [0, 0.05) is 10.7 Å². The molecule has 1 amide bonds. The van der Waals surface area contributed by atoms with E-state index in [9.17, 15) is 4.79 Å². The average molecular weight is 333 g/mol. The zero-order valence-electron chi connectivity index (χ0n) is 12.4. The average Bonchev–Trinajstić information content (AvgIpc) is 2.39. The Morgan fingerprint density at radius 2 is 1.68 bits per heavy atom. The Balaban J connectivity index is 1.91. The molecule has 2 aromatic rings. The molecule has 0 fully saturated rings. The number of amides is 1. The Labute approximate surface area is 140 Å². The highest BCUT2D eigenvalue weighted by Crippen LogP contribution is 2.13. The number of thiocarbonyl (C=S) groups is 1. The molecule has 0 atom stereocenters. The number of hydrogen-bond donors (Lipinski definition) is 2. The first kappa shape index (κ1) is 16.5. The zero-order valence-corrected chi connectivity index (χ0v) is 14.0. The smallest absolute Gasteiger partial charge is 0.230 e. The quantitative estimate of drug-likeness (QED) is 0.834. The van der Waals surface area contributed by atoms with Crippen LogP contribution in [-0.2, 0) is 11.2 Å². The van der Waals surface area contributed by atoms with Crippen LogP contribution in [0.2, 0.25) is 5.02 Å². The standard InChI is InChI=1S/C17H17ClN2OS/c1-11-7-12(2)9-15(8-11)19-17(22)20-16(21)10-13-3-5-14(18)6-4-13/h3-9H,10H2,1-2H3,(H2,19,20,21,22). The van der Waals surface area contributed by atoms with Crippen LogP contribution in [0.25, 0.3) is 0 Å². The maximum atomic E-state index is 12.0. The molecule has 114 valence electrons. The van der Waals surface area contributed by atoms with E-state index >= 15 is 0 Å². The summed E-state index contributed by atoms with van der Waals surface area (Å²) in [6.07, 6.45) is 0.256. The van der Waals surface area contributed by atoms with E-state index < -0.39 is 0 Å². The predicted molar refractivity (Wildman–Crippen MR) is 95.4 cm³/mol. The molecule has 0 aliphatic heterocycles. The van der Waals surface area contributed by atoms with E-state index in [0.717, 1.165) is 22.4 Å². The van der Waals surface area contributed by atoms with E-state index in [1.165, 1.54) is 0 Å². The monoisotopic (exact) mass is 332 g/mol. The van der Waals surface area contributed by atoms with Crippen molar-refractivity contribution in [2.24, 2.45) is 0 Å². The number of rotatable bonds is 3. The minimum atomic E-state index is -0.163. The highest BCUT2D eigenvalue weighted by atomic mass is 35.5. The van der Waals surface area contributed by atoms with E-state index in [1.807, 2.05) is 38.1 Å². The summed E-state index contributed by atoms with van der Waals surface area (Å²) in [5.41, 5.74) is 4.03. The summed E-state index contributed by atoms with van der Waals surface area (Å²) >= 11 is 11.0. The van der Waals surface area contributed by atoms with Crippen molar-refractivity contribution >= 4 is 40.5 Å². The number of aryl methyl sites for hydroxylation is 2. The van der Waals surface area contributed by atoms with Crippen molar-refractivity contribution in [3.63, 3.8) is 0 Å². The summed E-state index contributed by atoms with van der Waals surface area (Å²) in [6, 6.07) is 13.2. The minimum absolute atomic E-state index is 0.163. The number of nitrogens with one attached hydrogen (secondary N) is 2. The number of carbonyl (C=O) groups excluding carboxylic acids is 1. The van der Waals surface area contributed by atoms with Crippen LogP contribution in [0.15, 0.2) is 42.5 Å². The van der Waals surface area contributed by atoms with Gasteiger partial charge in [-0.25, -0.2) is 0 Å². The molecule has 0 aromatic heterocycles. The Kier molecular flexibility index (Phi) is 5.52. The Morgan fingerprint density at radius 1 is 1.09 bits per heavy atom. The van der Waals surface area contributed by atoms with Gasteiger partial charge in [-0.1, -0.05) is 29.8 Å². The first-order valence-corrected chi connectivity index (χ1v) is 7.64. The molecule has 0 unspecified atom stereocenters. The fourth-order valence-electron chi connectivity index (χ4n) is 2.17. The molecular weight excluding hydrogens is 316 g/mol. The second-order valence-corrected chi connectivity index (χ2v) is 6.03. The van der Waals surface area contributed by atoms with E-state index in [2.05, 4.69) is 16.7 Å². The van der Waals surface area contributed by atoms with Crippen LogP contribution in [0.1, 0.15) is 16.7 Å². The predicted octanol–water partition coefficient (Wildman–Crippen LogP) is 4.01. The highest BCUT2D eigenvalue weighted by Gasteiger charge is 2.07. The van der Waals surface area contributed by atoms with Crippen molar-refractivity contribution in [3.8, 4) is 0 Å². The maximum absolute atomic E-state index is 12.0. The van der Waals surface area contributed by atoms with Gasteiger partial charge >= 0.3 is 0 Å². The molecule has 0 saturated heterocycles. The van der Waals surface area contributed by atoms with Crippen molar-refractivity contribution in [1.29, 1.82) is 0 Å². The van der Waals surface area contributed by atoms with Crippen molar-refractivity contribution in [2.75, 3.05) is 5.32 Å². The lowest BCUT2D eigenvalue weighted by molar-refractivity contribution is -0.119. The summed E-state index contributed by atoms with van der Waals surface area (Å²) in [7, 11) is 0. The third-order valence-electron chi connectivity index (χ3n) is 3.01. The number of carbonyl (C=O) groups is 1. The van der Waals surface area contributed by atoms with Crippen LogP contribution in [0.5, 0.6) is 0 Å². The van der Waals surface area contributed by atoms with Gasteiger partial charge < -0.3 is 10.6 Å². The van der Waals surface area contributed by atoms with Gasteiger partial charge in [0.15, 0.2) is 5.11 Å². The van der Waals surface area contributed by atoms with Gasteiger partial charge in [-0.05, 0) is 67.0 Å². The van der Waals surface area contributed by atoms with E-state index in [4.69, 9.17) is 23.8 Å². The molecular formula is C17H17ClN2OS. The summed E-state index contributed by atoms with van der Waals surface area (Å²) in [6.45, 7) is 4.03. The van der Waals surface area contributed by atoms with Gasteiger partial charge in [0.1, 0.15) is 0 Å². The molecule has 0 bridgehead atoms. The van der Waals surface area contributed by atoms with Crippen molar-refractivity contribution in [2.45, 2.75) is 20.3 Å². The molecule has 2 aromatic carbocycles. The molecule has 22 heavy (non-hydrogen) atoms. The van der Waals surface area contributed by atoms with Crippen LogP contribution in [0.3, 0.4) is 0 Å². The fourth-order valence-corrected chi connectivity index (χ4v) is 2.53. The molecule has 3 nitrogen and oxygen atoms in total. The van der Waals surface area contributed by atoms with Crippen LogP contribution < -0.4 is 10.6 Å². The van der Waals surface area contributed by atoms with Crippen LogP contribution in [0.4, 0.5) is 5.69 Å². The third-order valence-corrected chi connectivity index (χ3v) is 3.47. The van der Waals surface area contributed by atoms with Gasteiger partial charge in [-0.3, -0.25) is 4.79 Å². The first-order chi connectivity index (χ1) is 10.4. The molecule has 2 N–H and O–H groups in total. The second kappa shape index (κ2) is 7.38. The van der Waals surface area contributed by atoms with E-state index in [0.29, 0.717) is 10.1 Å². The van der Waals surface area contributed by atoms with E-state index in [1.54, 1.807) is 12.1 Å². The Morgan fingerprint density at radius 3 is 2.27 bits per heavy atom. The third kappa shape index (κ3) is 5.13. The minimum Gasteiger partial charge on any atom is -0.332 e. The largest absolute Gasteiger partial charge is 0.332 e. The molecule has 0 saturated carbocycles. The number of benzene rings is 2. The van der Waals surface area contributed by atoms with Crippen molar-refractivity contribution in [3.05, 3.63) is 64.2 Å². The van der Waals surface area contributed by atoms with Gasteiger partial charge in [-0.15, -0.1) is 0 Å². The van der Waals surface area contributed by atoms with Gasteiger partial charge in [-0.2, -0.15) is 0 Å².